The van der Waals surface area contributed by atoms with Gasteiger partial charge in [-0.05, 0) is 56.1 Å². The summed E-state index contributed by atoms with van der Waals surface area (Å²) in [6, 6.07) is 0.897. The standard InChI is InChI=1S/C11H20Cl2N4O2Si/c1-4-18-20(3,19-5-2)8-6-7-14-11-16-9(12)15-10(13)17-11/h4-8H2,1-3H3,(H,14,15,16,17). The normalized spacial score (nSPS) is 11.7. The second kappa shape index (κ2) is 8.73. The molecule has 0 unspecified atom stereocenters. The molecule has 0 saturated heterocycles. The Balaban J connectivity index is 2.39. The number of anilines is 1. The first-order valence-electron chi connectivity index (χ1n) is 6.58. The Kier molecular flexibility index (Phi) is 7.68. The van der Waals surface area contributed by atoms with E-state index in [0.717, 1.165) is 12.5 Å². The monoisotopic (exact) mass is 338 g/mol. The Morgan fingerprint density at radius 1 is 1.05 bits per heavy atom. The topological polar surface area (TPSA) is 69.2 Å². The molecule has 0 aromatic carbocycles. The summed E-state index contributed by atoms with van der Waals surface area (Å²) >= 11 is 11.4. The van der Waals surface area contributed by atoms with Gasteiger partial charge in [0.05, 0.1) is 0 Å². The largest absolute Gasteiger partial charge is 0.395 e. The van der Waals surface area contributed by atoms with E-state index in [1.54, 1.807) is 0 Å². The molecule has 1 aromatic rings. The Morgan fingerprint density at radius 3 is 2.10 bits per heavy atom. The average Bonchev–Trinajstić information content (AvgIpc) is 2.34. The van der Waals surface area contributed by atoms with Crippen LogP contribution in [0.2, 0.25) is 23.2 Å². The summed E-state index contributed by atoms with van der Waals surface area (Å²) in [6.45, 7) is 8.09. The third-order valence-corrected chi connectivity index (χ3v) is 5.97. The molecular weight excluding hydrogens is 319 g/mol. The number of nitrogens with zero attached hydrogens (tertiary/aromatic N) is 3. The minimum Gasteiger partial charge on any atom is -0.395 e. The number of aromatic nitrogens is 3. The van der Waals surface area contributed by atoms with Crippen molar-refractivity contribution in [3.8, 4) is 0 Å². The van der Waals surface area contributed by atoms with Crippen molar-refractivity contribution >= 4 is 37.7 Å². The quantitative estimate of drug-likeness (QED) is 0.551. The van der Waals surface area contributed by atoms with Gasteiger partial charge in [0.1, 0.15) is 0 Å². The molecule has 0 aliphatic carbocycles. The third-order valence-electron chi connectivity index (χ3n) is 2.57. The number of rotatable bonds is 9. The Hall–Kier alpha value is -0.473. The summed E-state index contributed by atoms with van der Waals surface area (Å²) < 4.78 is 11.5. The average molecular weight is 339 g/mol. The van der Waals surface area contributed by atoms with E-state index < -0.39 is 8.56 Å². The van der Waals surface area contributed by atoms with Gasteiger partial charge in [-0.1, -0.05) is 0 Å². The van der Waals surface area contributed by atoms with Crippen LogP contribution in [0.5, 0.6) is 0 Å². The van der Waals surface area contributed by atoms with E-state index >= 15 is 0 Å². The maximum absolute atomic E-state index is 5.77. The summed E-state index contributed by atoms with van der Waals surface area (Å²) in [5.74, 6) is 0.381. The van der Waals surface area contributed by atoms with Gasteiger partial charge >= 0.3 is 8.56 Å². The first kappa shape index (κ1) is 17.6. The van der Waals surface area contributed by atoms with Gasteiger partial charge < -0.3 is 14.2 Å². The molecule has 0 bridgehead atoms. The van der Waals surface area contributed by atoms with Gasteiger partial charge in [0.25, 0.3) is 0 Å². The molecule has 0 saturated carbocycles. The maximum Gasteiger partial charge on any atom is 0.334 e. The SMILES string of the molecule is CCO[Si](C)(CCCNc1nc(Cl)nc(Cl)n1)OCC. The second-order valence-electron chi connectivity index (χ2n) is 4.23. The summed E-state index contributed by atoms with van der Waals surface area (Å²) in [5, 5.41) is 3.22. The summed E-state index contributed by atoms with van der Waals surface area (Å²) in [5.41, 5.74) is 0. The molecule has 0 spiro atoms. The zero-order valence-corrected chi connectivity index (χ0v) is 14.5. The molecule has 0 aliphatic rings. The molecule has 1 heterocycles. The van der Waals surface area contributed by atoms with Crippen molar-refractivity contribution in [2.45, 2.75) is 32.9 Å². The summed E-state index contributed by atoms with van der Waals surface area (Å²) in [4.78, 5) is 11.6. The smallest absolute Gasteiger partial charge is 0.334 e. The lowest BCUT2D eigenvalue weighted by atomic mass is 10.5. The maximum atomic E-state index is 5.77. The van der Waals surface area contributed by atoms with Crippen molar-refractivity contribution in [2.24, 2.45) is 0 Å². The van der Waals surface area contributed by atoms with Crippen molar-refractivity contribution in [2.75, 3.05) is 25.1 Å². The van der Waals surface area contributed by atoms with E-state index in [4.69, 9.17) is 32.1 Å². The zero-order valence-electron chi connectivity index (χ0n) is 11.9. The summed E-state index contributed by atoms with van der Waals surface area (Å²) in [7, 11) is -2.05. The minimum absolute atomic E-state index is 0.0790. The van der Waals surface area contributed by atoms with Crippen LogP contribution in [0, 0.1) is 0 Å². The first-order valence-corrected chi connectivity index (χ1v) is 9.86. The Bertz CT molecular complexity index is 399. The zero-order chi connectivity index (χ0) is 15.0. The van der Waals surface area contributed by atoms with Gasteiger partial charge in [-0.2, -0.15) is 15.0 Å². The molecule has 1 rings (SSSR count). The molecule has 20 heavy (non-hydrogen) atoms. The van der Waals surface area contributed by atoms with Crippen molar-refractivity contribution in [3.05, 3.63) is 10.6 Å². The van der Waals surface area contributed by atoms with Crippen LogP contribution in [-0.4, -0.2) is 43.3 Å². The molecule has 9 heteroatoms. The highest BCUT2D eigenvalue weighted by atomic mass is 35.5. The van der Waals surface area contributed by atoms with Gasteiger partial charge in [0.15, 0.2) is 0 Å². The molecule has 6 nitrogen and oxygen atoms in total. The Labute approximate surface area is 130 Å². The highest BCUT2D eigenvalue weighted by molar-refractivity contribution is 6.66. The van der Waals surface area contributed by atoms with Crippen molar-refractivity contribution < 1.29 is 8.85 Å². The van der Waals surface area contributed by atoms with E-state index in [9.17, 15) is 0 Å². The highest BCUT2D eigenvalue weighted by Gasteiger charge is 2.29. The van der Waals surface area contributed by atoms with Crippen molar-refractivity contribution in [3.63, 3.8) is 0 Å². The van der Waals surface area contributed by atoms with Crippen LogP contribution in [0.3, 0.4) is 0 Å². The first-order chi connectivity index (χ1) is 9.49. The van der Waals surface area contributed by atoms with Crippen LogP contribution in [0.25, 0.3) is 0 Å². The molecular formula is C11H20Cl2N4O2Si. The third kappa shape index (κ3) is 6.32. The van der Waals surface area contributed by atoms with Crippen LogP contribution in [0.15, 0.2) is 0 Å². The molecule has 0 fully saturated rings. The van der Waals surface area contributed by atoms with Crippen LogP contribution in [0.4, 0.5) is 5.95 Å². The lowest BCUT2D eigenvalue weighted by Gasteiger charge is -2.25. The Morgan fingerprint density at radius 2 is 1.60 bits per heavy atom. The number of hydrogen-bond acceptors (Lipinski definition) is 6. The van der Waals surface area contributed by atoms with E-state index in [-0.39, 0.29) is 10.6 Å². The highest BCUT2D eigenvalue weighted by Crippen LogP contribution is 2.16. The number of nitrogens with one attached hydrogen (secondary N) is 1. The molecule has 0 atom stereocenters. The van der Waals surface area contributed by atoms with Gasteiger partial charge in [-0.3, -0.25) is 0 Å². The number of hydrogen-bond donors (Lipinski definition) is 1. The molecule has 0 amide bonds. The molecule has 114 valence electrons. The van der Waals surface area contributed by atoms with Crippen molar-refractivity contribution in [1.82, 2.24) is 15.0 Å². The predicted octanol–water partition coefficient (Wildman–Crippen LogP) is 3.13. The van der Waals surface area contributed by atoms with Crippen molar-refractivity contribution in [1.29, 1.82) is 0 Å². The van der Waals surface area contributed by atoms with Gasteiger partial charge in [0.2, 0.25) is 16.5 Å². The fourth-order valence-corrected chi connectivity index (χ4v) is 4.59. The van der Waals surface area contributed by atoms with Crippen LogP contribution in [-0.2, 0) is 8.85 Å². The second-order valence-corrected chi connectivity index (χ2v) is 8.25. The number of halogens is 2. The van der Waals surface area contributed by atoms with Crippen LogP contribution >= 0.6 is 23.2 Å². The lowest BCUT2D eigenvalue weighted by Crippen LogP contribution is -2.39. The van der Waals surface area contributed by atoms with Gasteiger partial charge in [-0.15, -0.1) is 0 Å². The van der Waals surface area contributed by atoms with Crippen LogP contribution in [0.1, 0.15) is 20.3 Å². The molecule has 0 radical (unpaired) electrons. The van der Waals surface area contributed by atoms with Gasteiger partial charge in [0, 0.05) is 19.8 Å². The van der Waals surface area contributed by atoms with Crippen LogP contribution < -0.4 is 5.32 Å². The predicted molar refractivity (Wildman–Crippen MR) is 82.6 cm³/mol. The molecule has 0 aliphatic heterocycles. The molecule has 1 aromatic heterocycles. The minimum atomic E-state index is -2.05. The summed E-state index contributed by atoms with van der Waals surface area (Å²) in [6.07, 6.45) is 0.893. The fourth-order valence-electron chi connectivity index (χ4n) is 1.81. The van der Waals surface area contributed by atoms with E-state index in [2.05, 4.69) is 26.8 Å². The van der Waals surface area contributed by atoms with E-state index in [1.807, 2.05) is 13.8 Å². The molecule has 1 N–H and O–H groups in total. The van der Waals surface area contributed by atoms with E-state index in [1.165, 1.54) is 0 Å². The van der Waals surface area contributed by atoms with E-state index in [0.29, 0.717) is 25.7 Å². The lowest BCUT2D eigenvalue weighted by molar-refractivity contribution is 0.188. The fraction of sp³-hybridized carbons (Fsp3) is 0.727. The van der Waals surface area contributed by atoms with Gasteiger partial charge in [-0.25, -0.2) is 0 Å².